The molecule has 1 rings (SSSR count). The average Bonchev–Trinajstić information content (AvgIpc) is 2.52. The lowest BCUT2D eigenvalue weighted by Crippen LogP contribution is -2.42. The molecule has 0 saturated heterocycles. The molecule has 1 nitrogen and oxygen atoms in total. The van der Waals surface area contributed by atoms with Crippen molar-refractivity contribution in [2.24, 2.45) is 11.3 Å². The molecule has 0 aromatic rings. The molecule has 1 aliphatic rings. The molecule has 15 heavy (non-hydrogen) atoms. The highest BCUT2D eigenvalue weighted by Crippen LogP contribution is 2.35. The van der Waals surface area contributed by atoms with Gasteiger partial charge in [-0.05, 0) is 38.5 Å². The molecule has 0 spiro atoms. The van der Waals surface area contributed by atoms with Crippen molar-refractivity contribution in [3.63, 3.8) is 0 Å². The Labute approximate surface area is 96.0 Å². The highest BCUT2D eigenvalue weighted by molar-refractivity contribution is 4.81. The summed E-state index contributed by atoms with van der Waals surface area (Å²) in [6.45, 7) is 12.7. The van der Waals surface area contributed by atoms with E-state index in [1.54, 1.807) is 0 Å². The van der Waals surface area contributed by atoms with Gasteiger partial charge in [-0.2, -0.15) is 0 Å². The molecule has 0 atom stereocenters. The van der Waals surface area contributed by atoms with E-state index in [9.17, 15) is 0 Å². The standard InChI is InChI=1S/C14H29N/c1-13(2,3)15-11-14(4,5)10-12-8-6-7-9-12/h12,15H,6-11H2,1-5H3. The predicted octanol–water partition coefficient (Wildman–Crippen LogP) is 3.98. The quantitative estimate of drug-likeness (QED) is 0.741. The fourth-order valence-corrected chi connectivity index (χ4v) is 2.57. The van der Waals surface area contributed by atoms with Crippen molar-refractivity contribution in [3.05, 3.63) is 0 Å². The van der Waals surface area contributed by atoms with Gasteiger partial charge in [-0.15, -0.1) is 0 Å². The largest absolute Gasteiger partial charge is 0.312 e. The van der Waals surface area contributed by atoms with E-state index in [2.05, 4.69) is 39.9 Å². The van der Waals surface area contributed by atoms with E-state index in [-0.39, 0.29) is 5.54 Å². The molecule has 0 bridgehead atoms. The Morgan fingerprint density at radius 1 is 1.00 bits per heavy atom. The predicted molar refractivity (Wildman–Crippen MR) is 68.1 cm³/mol. The third kappa shape index (κ3) is 5.55. The van der Waals surface area contributed by atoms with Crippen LogP contribution in [0.1, 0.15) is 66.7 Å². The zero-order chi connectivity index (χ0) is 11.5. The molecular formula is C14H29N. The van der Waals surface area contributed by atoms with E-state index >= 15 is 0 Å². The molecule has 0 aromatic heterocycles. The second-order valence-electron chi connectivity index (χ2n) is 7.12. The van der Waals surface area contributed by atoms with Gasteiger partial charge in [0.15, 0.2) is 0 Å². The Balaban J connectivity index is 2.30. The summed E-state index contributed by atoms with van der Waals surface area (Å²) < 4.78 is 0. The SMILES string of the molecule is CC(C)(CNC(C)(C)C)CC1CCCC1. The van der Waals surface area contributed by atoms with E-state index in [1.807, 2.05) is 0 Å². The van der Waals surface area contributed by atoms with E-state index in [0.717, 1.165) is 12.5 Å². The summed E-state index contributed by atoms with van der Waals surface area (Å²) in [5, 5.41) is 3.64. The summed E-state index contributed by atoms with van der Waals surface area (Å²) in [6, 6.07) is 0. The van der Waals surface area contributed by atoms with E-state index in [1.165, 1.54) is 32.1 Å². The molecule has 1 heteroatoms. The number of hydrogen-bond donors (Lipinski definition) is 1. The Kier molecular flexibility index (Phi) is 4.22. The Bertz CT molecular complexity index is 182. The summed E-state index contributed by atoms with van der Waals surface area (Å²) in [7, 11) is 0. The summed E-state index contributed by atoms with van der Waals surface area (Å²) in [5.41, 5.74) is 0.717. The van der Waals surface area contributed by atoms with Gasteiger partial charge in [0.25, 0.3) is 0 Å². The fourth-order valence-electron chi connectivity index (χ4n) is 2.57. The first-order valence-corrected chi connectivity index (χ1v) is 6.54. The average molecular weight is 211 g/mol. The molecule has 0 aromatic carbocycles. The Hall–Kier alpha value is -0.0400. The molecule has 1 saturated carbocycles. The summed E-state index contributed by atoms with van der Waals surface area (Å²) >= 11 is 0. The molecule has 0 radical (unpaired) electrons. The number of rotatable bonds is 4. The monoisotopic (exact) mass is 211 g/mol. The fraction of sp³-hybridized carbons (Fsp3) is 1.00. The second kappa shape index (κ2) is 4.86. The third-order valence-electron chi connectivity index (χ3n) is 3.41. The first-order valence-electron chi connectivity index (χ1n) is 6.54. The third-order valence-corrected chi connectivity index (χ3v) is 3.41. The lowest BCUT2D eigenvalue weighted by Gasteiger charge is -2.32. The number of nitrogens with one attached hydrogen (secondary N) is 1. The van der Waals surface area contributed by atoms with Gasteiger partial charge in [0, 0.05) is 12.1 Å². The maximum Gasteiger partial charge on any atom is 0.00967 e. The minimum atomic E-state index is 0.257. The van der Waals surface area contributed by atoms with Gasteiger partial charge >= 0.3 is 0 Å². The zero-order valence-electron chi connectivity index (χ0n) is 11.3. The maximum absolute atomic E-state index is 3.64. The zero-order valence-corrected chi connectivity index (χ0v) is 11.3. The van der Waals surface area contributed by atoms with Crippen LogP contribution in [0.25, 0.3) is 0 Å². The van der Waals surface area contributed by atoms with Crippen LogP contribution < -0.4 is 5.32 Å². The maximum atomic E-state index is 3.64. The van der Waals surface area contributed by atoms with Gasteiger partial charge in [-0.25, -0.2) is 0 Å². The van der Waals surface area contributed by atoms with Gasteiger partial charge in [0.2, 0.25) is 0 Å². The van der Waals surface area contributed by atoms with Crippen LogP contribution in [0.15, 0.2) is 0 Å². The molecule has 90 valence electrons. The summed E-state index contributed by atoms with van der Waals surface area (Å²) in [5.74, 6) is 1.00. The lowest BCUT2D eigenvalue weighted by molar-refractivity contribution is 0.232. The van der Waals surface area contributed by atoms with E-state index in [4.69, 9.17) is 0 Å². The van der Waals surface area contributed by atoms with Crippen molar-refractivity contribution in [3.8, 4) is 0 Å². The van der Waals surface area contributed by atoms with Crippen LogP contribution in [-0.4, -0.2) is 12.1 Å². The first kappa shape index (κ1) is 13.0. The minimum absolute atomic E-state index is 0.257. The minimum Gasteiger partial charge on any atom is -0.312 e. The summed E-state index contributed by atoms with van der Waals surface area (Å²) in [6.07, 6.45) is 7.27. The van der Waals surface area contributed by atoms with E-state index in [0.29, 0.717) is 5.41 Å². The van der Waals surface area contributed by atoms with Crippen LogP contribution in [0.3, 0.4) is 0 Å². The van der Waals surface area contributed by atoms with Crippen molar-refractivity contribution in [2.75, 3.05) is 6.54 Å². The van der Waals surface area contributed by atoms with Gasteiger partial charge in [0.1, 0.15) is 0 Å². The van der Waals surface area contributed by atoms with Gasteiger partial charge in [-0.1, -0.05) is 39.5 Å². The van der Waals surface area contributed by atoms with Crippen molar-refractivity contribution >= 4 is 0 Å². The van der Waals surface area contributed by atoms with Crippen LogP contribution in [0.5, 0.6) is 0 Å². The molecule has 0 heterocycles. The van der Waals surface area contributed by atoms with Crippen molar-refractivity contribution in [1.82, 2.24) is 5.32 Å². The first-order chi connectivity index (χ1) is 6.79. The van der Waals surface area contributed by atoms with Crippen LogP contribution >= 0.6 is 0 Å². The highest BCUT2D eigenvalue weighted by Gasteiger charge is 2.26. The highest BCUT2D eigenvalue weighted by atomic mass is 15.0. The molecule has 1 aliphatic carbocycles. The molecule has 0 unspecified atom stereocenters. The normalized spacial score (nSPS) is 19.8. The smallest absolute Gasteiger partial charge is 0.00967 e. The van der Waals surface area contributed by atoms with Crippen LogP contribution in [-0.2, 0) is 0 Å². The second-order valence-corrected chi connectivity index (χ2v) is 7.12. The van der Waals surface area contributed by atoms with Gasteiger partial charge in [-0.3, -0.25) is 0 Å². The van der Waals surface area contributed by atoms with Crippen LogP contribution in [0.2, 0.25) is 0 Å². The van der Waals surface area contributed by atoms with Crippen LogP contribution in [0.4, 0.5) is 0 Å². The molecule has 0 amide bonds. The molecule has 1 N–H and O–H groups in total. The van der Waals surface area contributed by atoms with Gasteiger partial charge in [0.05, 0.1) is 0 Å². The van der Waals surface area contributed by atoms with E-state index < -0.39 is 0 Å². The Morgan fingerprint density at radius 3 is 2.00 bits per heavy atom. The molecule has 0 aliphatic heterocycles. The number of hydrogen-bond acceptors (Lipinski definition) is 1. The summed E-state index contributed by atoms with van der Waals surface area (Å²) in [4.78, 5) is 0. The lowest BCUT2D eigenvalue weighted by atomic mass is 9.81. The van der Waals surface area contributed by atoms with Crippen LogP contribution in [0, 0.1) is 11.3 Å². The molecule has 1 fully saturated rings. The van der Waals surface area contributed by atoms with Crippen molar-refractivity contribution in [2.45, 2.75) is 72.3 Å². The van der Waals surface area contributed by atoms with Crippen molar-refractivity contribution < 1.29 is 0 Å². The Morgan fingerprint density at radius 2 is 1.53 bits per heavy atom. The van der Waals surface area contributed by atoms with Gasteiger partial charge < -0.3 is 5.32 Å². The topological polar surface area (TPSA) is 12.0 Å². The molecular weight excluding hydrogens is 182 g/mol. The van der Waals surface area contributed by atoms with Crippen molar-refractivity contribution in [1.29, 1.82) is 0 Å².